The lowest BCUT2D eigenvalue weighted by Gasteiger charge is -2.20. The number of carbonyl (C=O) groups excluding carboxylic acids is 1. The smallest absolute Gasteiger partial charge is 0.252 e. The topological polar surface area (TPSA) is 38.3 Å². The molecule has 1 aromatic carbocycles. The highest BCUT2D eigenvalue weighted by Gasteiger charge is 2.24. The average Bonchev–Trinajstić information content (AvgIpc) is 2.85. The third kappa shape index (κ3) is 3.36. The number of hydrogen-bond acceptors (Lipinski definition) is 2. The highest BCUT2D eigenvalue weighted by molar-refractivity contribution is 14.1. The van der Waals surface area contributed by atoms with E-state index in [1.54, 1.807) is 12.1 Å². The Labute approximate surface area is 125 Å². The quantitative estimate of drug-likeness (QED) is 0.819. The molecule has 1 amide bonds. The Balaban J connectivity index is 2.04. The van der Waals surface area contributed by atoms with Crippen LogP contribution < -0.4 is 5.32 Å². The Morgan fingerprint density at radius 2 is 2.39 bits per heavy atom. The molecule has 1 aliphatic rings. The molecule has 1 heterocycles. The molecule has 98 valence electrons. The van der Waals surface area contributed by atoms with E-state index in [9.17, 15) is 4.79 Å². The van der Waals surface area contributed by atoms with E-state index in [1.807, 2.05) is 13.0 Å². The lowest BCUT2D eigenvalue weighted by atomic mass is 10.1. The fourth-order valence-corrected chi connectivity index (χ4v) is 2.80. The van der Waals surface area contributed by atoms with Crippen molar-refractivity contribution in [3.63, 3.8) is 0 Å². The molecule has 1 saturated heterocycles. The summed E-state index contributed by atoms with van der Waals surface area (Å²) >= 11 is 8.05. The largest absolute Gasteiger partial charge is 0.376 e. The number of benzene rings is 1. The summed E-state index contributed by atoms with van der Waals surface area (Å²) in [5, 5.41) is 3.55. The number of halogens is 2. The highest BCUT2D eigenvalue weighted by atomic mass is 127. The standard InChI is InChI=1S/C13H15ClINO2/c1-8(12-3-2-6-18-12)16-13(17)10-7-9(14)4-5-11(10)15/h4-5,7-8,12H,2-3,6H2,1H3,(H,16,17)/t8-,12-/m1/s1. The van der Waals surface area contributed by atoms with Crippen molar-refractivity contribution >= 4 is 40.1 Å². The monoisotopic (exact) mass is 379 g/mol. The number of amides is 1. The van der Waals surface area contributed by atoms with Crippen LogP contribution in [0.1, 0.15) is 30.1 Å². The molecule has 1 N–H and O–H groups in total. The molecular weight excluding hydrogens is 365 g/mol. The van der Waals surface area contributed by atoms with E-state index in [1.165, 1.54) is 0 Å². The van der Waals surface area contributed by atoms with Gasteiger partial charge in [0.1, 0.15) is 0 Å². The summed E-state index contributed by atoms with van der Waals surface area (Å²) in [5.41, 5.74) is 0.618. The van der Waals surface area contributed by atoms with Crippen molar-refractivity contribution in [3.05, 3.63) is 32.4 Å². The summed E-state index contributed by atoms with van der Waals surface area (Å²) in [4.78, 5) is 12.2. The molecule has 1 fully saturated rings. The van der Waals surface area contributed by atoms with Gasteiger partial charge in [-0.1, -0.05) is 11.6 Å². The molecular formula is C13H15ClINO2. The molecule has 0 bridgehead atoms. The van der Waals surface area contributed by atoms with Gasteiger partial charge in [-0.05, 0) is 60.6 Å². The minimum absolute atomic E-state index is 0.0229. The van der Waals surface area contributed by atoms with Crippen LogP contribution in [0.3, 0.4) is 0 Å². The van der Waals surface area contributed by atoms with Crippen molar-refractivity contribution in [3.8, 4) is 0 Å². The van der Waals surface area contributed by atoms with Gasteiger partial charge in [-0.3, -0.25) is 4.79 Å². The summed E-state index contributed by atoms with van der Waals surface area (Å²) < 4.78 is 6.46. The number of ether oxygens (including phenoxy) is 1. The van der Waals surface area contributed by atoms with Crippen molar-refractivity contribution in [2.24, 2.45) is 0 Å². The Morgan fingerprint density at radius 3 is 3.06 bits per heavy atom. The molecule has 0 radical (unpaired) electrons. The first kappa shape index (κ1) is 14.1. The van der Waals surface area contributed by atoms with Gasteiger partial charge < -0.3 is 10.1 Å². The Hall–Kier alpha value is -0.330. The van der Waals surface area contributed by atoms with Crippen LogP contribution >= 0.6 is 34.2 Å². The molecule has 0 aliphatic carbocycles. The van der Waals surface area contributed by atoms with Gasteiger partial charge in [0.05, 0.1) is 17.7 Å². The Morgan fingerprint density at radius 1 is 1.61 bits per heavy atom. The second-order valence-corrected chi connectivity index (χ2v) is 6.04. The van der Waals surface area contributed by atoms with Crippen LogP contribution in [-0.2, 0) is 4.74 Å². The SMILES string of the molecule is C[C@@H](NC(=O)c1cc(Cl)ccc1I)[C@H]1CCCO1. The maximum atomic E-state index is 12.2. The zero-order valence-electron chi connectivity index (χ0n) is 10.1. The van der Waals surface area contributed by atoms with Crippen LogP contribution in [0.25, 0.3) is 0 Å². The van der Waals surface area contributed by atoms with Crippen molar-refractivity contribution in [1.29, 1.82) is 0 Å². The summed E-state index contributed by atoms with van der Waals surface area (Å²) in [5.74, 6) is -0.0927. The maximum absolute atomic E-state index is 12.2. The summed E-state index contributed by atoms with van der Waals surface area (Å²) in [7, 11) is 0. The first-order valence-corrected chi connectivity index (χ1v) is 7.41. The van der Waals surface area contributed by atoms with Gasteiger partial charge in [-0.25, -0.2) is 0 Å². The van der Waals surface area contributed by atoms with Crippen LogP contribution in [0.4, 0.5) is 0 Å². The number of rotatable bonds is 3. The molecule has 3 nitrogen and oxygen atoms in total. The summed E-state index contributed by atoms with van der Waals surface area (Å²) in [6, 6.07) is 5.34. The van der Waals surface area contributed by atoms with Crippen LogP contribution in [0.2, 0.25) is 5.02 Å². The average molecular weight is 380 g/mol. The Bertz CT molecular complexity index is 447. The molecule has 5 heteroatoms. The molecule has 1 aliphatic heterocycles. The predicted octanol–water partition coefficient (Wildman–Crippen LogP) is 3.24. The second-order valence-electron chi connectivity index (χ2n) is 4.44. The number of hydrogen-bond donors (Lipinski definition) is 1. The molecule has 18 heavy (non-hydrogen) atoms. The van der Waals surface area contributed by atoms with E-state index in [4.69, 9.17) is 16.3 Å². The van der Waals surface area contributed by atoms with E-state index >= 15 is 0 Å². The summed E-state index contributed by atoms with van der Waals surface area (Å²) in [6.45, 7) is 2.77. The highest BCUT2D eigenvalue weighted by Crippen LogP contribution is 2.19. The minimum atomic E-state index is -0.0927. The van der Waals surface area contributed by atoms with Gasteiger partial charge in [0, 0.05) is 15.2 Å². The third-order valence-corrected chi connectivity index (χ3v) is 4.23. The summed E-state index contributed by atoms with van der Waals surface area (Å²) in [6.07, 6.45) is 2.21. The van der Waals surface area contributed by atoms with Gasteiger partial charge in [-0.2, -0.15) is 0 Å². The first-order chi connectivity index (χ1) is 8.58. The molecule has 2 rings (SSSR count). The van der Waals surface area contributed by atoms with Crippen LogP contribution in [0, 0.1) is 3.57 Å². The van der Waals surface area contributed by atoms with Gasteiger partial charge in [0.25, 0.3) is 5.91 Å². The molecule has 0 saturated carbocycles. The molecule has 2 atom stereocenters. The lowest BCUT2D eigenvalue weighted by Crippen LogP contribution is -2.41. The van der Waals surface area contributed by atoms with Gasteiger partial charge in [0.2, 0.25) is 0 Å². The van der Waals surface area contributed by atoms with Crippen LogP contribution in [-0.4, -0.2) is 24.7 Å². The second kappa shape index (κ2) is 6.21. The Kier molecular flexibility index (Phi) is 4.86. The van der Waals surface area contributed by atoms with Crippen molar-refractivity contribution < 1.29 is 9.53 Å². The predicted molar refractivity (Wildman–Crippen MR) is 80.1 cm³/mol. The fourth-order valence-electron chi connectivity index (χ4n) is 2.05. The maximum Gasteiger partial charge on any atom is 0.252 e. The van der Waals surface area contributed by atoms with E-state index in [-0.39, 0.29) is 18.1 Å². The fraction of sp³-hybridized carbons (Fsp3) is 0.462. The van der Waals surface area contributed by atoms with E-state index in [0.29, 0.717) is 10.6 Å². The van der Waals surface area contributed by atoms with Gasteiger partial charge >= 0.3 is 0 Å². The number of carbonyl (C=O) groups is 1. The zero-order valence-corrected chi connectivity index (χ0v) is 13.0. The normalized spacial score (nSPS) is 20.7. The van der Waals surface area contributed by atoms with E-state index in [0.717, 1.165) is 23.0 Å². The van der Waals surface area contributed by atoms with Crippen molar-refractivity contribution in [1.82, 2.24) is 5.32 Å². The third-order valence-electron chi connectivity index (χ3n) is 3.05. The first-order valence-electron chi connectivity index (χ1n) is 5.95. The van der Waals surface area contributed by atoms with Gasteiger partial charge in [0.15, 0.2) is 0 Å². The van der Waals surface area contributed by atoms with E-state index < -0.39 is 0 Å². The van der Waals surface area contributed by atoms with Crippen molar-refractivity contribution in [2.75, 3.05) is 6.61 Å². The van der Waals surface area contributed by atoms with Crippen molar-refractivity contribution in [2.45, 2.75) is 31.9 Å². The van der Waals surface area contributed by atoms with E-state index in [2.05, 4.69) is 27.9 Å². The van der Waals surface area contributed by atoms with Crippen LogP contribution in [0.5, 0.6) is 0 Å². The molecule has 0 unspecified atom stereocenters. The van der Waals surface area contributed by atoms with Gasteiger partial charge in [-0.15, -0.1) is 0 Å². The molecule has 0 spiro atoms. The van der Waals surface area contributed by atoms with Crippen LogP contribution in [0.15, 0.2) is 18.2 Å². The zero-order chi connectivity index (χ0) is 13.1. The number of nitrogens with one attached hydrogen (secondary N) is 1. The minimum Gasteiger partial charge on any atom is -0.376 e. The lowest BCUT2D eigenvalue weighted by molar-refractivity contribution is 0.0712. The molecule has 0 aromatic heterocycles. The molecule has 1 aromatic rings.